The summed E-state index contributed by atoms with van der Waals surface area (Å²) in [7, 11) is 0. The normalized spacial score (nSPS) is 11.2. The fraction of sp³-hybridized carbons (Fsp3) is 0.333. The predicted molar refractivity (Wildman–Crippen MR) is 47.2 cm³/mol. The molecule has 0 aromatic carbocycles. The van der Waals surface area contributed by atoms with Crippen LogP contribution in [-0.4, -0.2) is 35.3 Å². The number of alkyl halides is 3. The van der Waals surface area contributed by atoms with E-state index in [1.165, 1.54) is 12.1 Å². The number of hydrogen-bond acceptors (Lipinski definition) is 4. The highest BCUT2D eigenvalue weighted by Crippen LogP contribution is 2.17. The Hall–Kier alpha value is -1.63. The van der Waals surface area contributed by atoms with Crippen LogP contribution in [0.25, 0.3) is 0 Å². The lowest BCUT2D eigenvalue weighted by atomic mass is 10.2. The van der Waals surface area contributed by atoms with E-state index in [-0.39, 0.29) is 11.4 Å². The van der Waals surface area contributed by atoms with Crippen molar-refractivity contribution in [1.82, 2.24) is 4.98 Å². The molecule has 0 saturated heterocycles. The molecule has 7 heteroatoms. The van der Waals surface area contributed by atoms with Crippen LogP contribution >= 0.6 is 0 Å². The van der Waals surface area contributed by atoms with Gasteiger partial charge in [0.25, 0.3) is 0 Å². The van der Waals surface area contributed by atoms with E-state index in [1.807, 2.05) is 0 Å². The van der Waals surface area contributed by atoms with Gasteiger partial charge in [-0.05, 0) is 12.1 Å². The van der Waals surface area contributed by atoms with Gasteiger partial charge >= 0.3 is 6.18 Å². The third kappa shape index (κ3) is 3.85. The molecule has 16 heavy (non-hydrogen) atoms. The first kappa shape index (κ1) is 12.4. The molecule has 0 aliphatic rings. The fourth-order valence-electron chi connectivity index (χ4n) is 0.877. The minimum absolute atomic E-state index is 0.0261. The predicted octanol–water partition coefficient (Wildman–Crippen LogP) is 1.20. The molecule has 1 N–H and O–H groups in total. The van der Waals surface area contributed by atoms with E-state index in [4.69, 9.17) is 5.11 Å². The Labute approximate surface area is 88.7 Å². The summed E-state index contributed by atoms with van der Waals surface area (Å²) >= 11 is 0. The molecule has 0 amide bonds. The molecule has 0 bridgehead atoms. The van der Waals surface area contributed by atoms with Gasteiger partial charge in [0.1, 0.15) is 18.1 Å². The molecule has 1 heterocycles. The van der Waals surface area contributed by atoms with Gasteiger partial charge in [0.15, 0.2) is 6.61 Å². The first-order valence-corrected chi connectivity index (χ1v) is 4.22. The van der Waals surface area contributed by atoms with Gasteiger partial charge in [-0.2, -0.15) is 13.2 Å². The number of halogens is 3. The van der Waals surface area contributed by atoms with Crippen LogP contribution in [0.1, 0.15) is 10.5 Å². The summed E-state index contributed by atoms with van der Waals surface area (Å²) < 4.78 is 39.7. The van der Waals surface area contributed by atoms with Crippen LogP contribution in [-0.2, 0) is 0 Å². The molecule has 88 valence electrons. The van der Waals surface area contributed by atoms with Crippen molar-refractivity contribution in [2.24, 2.45) is 0 Å². The standard InChI is InChI=1S/C9H8F3NO3/c10-9(11,12)5-16-6-1-2-7(13-3-6)8(15)4-14/h1-3,14H,4-5H2. The van der Waals surface area contributed by atoms with Crippen molar-refractivity contribution in [3.63, 3.8) is 0 Å². The molecule has 0 spiro atoms. The Morgan fingerprint density at radius 3 is 2.56 bits per heavy atom. The number of hydrogen-bond donors (Lipinski definition) is 1. The Morgan fingerprint density at radius 1 is 1.44 bits per heavy atom. The zero-order chi connectivity index (χ0) is 12.2. The summed E-state index contributed by atoms with van der Waals surface area (Å²) in [6.45, 7) is -2.11. The Kier molecular flexibility index (Phi) is 3.83. The van der Waals surface area contributed by atoms with Crippen LogP contribution in [0.2, 0.25) is 0 Å². The maximum Gasteiger partial charge on any atom is 0.422 e. The second-order valence-electron chi connectivity index (χ2n) is 2.86. The monoisotopic (exact) mass is 235 g/mol. The number of ketones is 1. The summed E-state index contributed by atoms with van der Waals surface area (Å²) in [5.41, 5.74) is -0.0261. The van der Waals surface area contributed by atoms with Crippen LogP contribution in [0.4, 0.5) is 13.2 Å². The van der Waals surface area contributed by atoms with E-state index in [9.17, 15) is 18.0 Å². The fourth-order valence-corrected chi connectivity index (χ4v) is 0.877. The van der Waals surface area contributed by atoms with Gasteiger partial charge in [-0.25, -0.2) is 4.98 Å². The molecule has 1 aromatic heterocycles. The number of ether oxygens (including phenoxy) is 1. The average Bonchev–Trinajstić information content (AvgIpc) is 2.25. The van der Waals surface area contributed by atoms with E-state index in [2.05, 4.69) is 9.72 Å². The third-order valence-corrected chi connectivity index (χ3v) is 1.57. The first-order chi connectivity index (χ1) is 7.42. The zero-order valence-corrected chi connectivity index (χ0v) is 7.99. The number of carbonyl (C=O) groups excluding carboxylic acids is 1. The largest absolute Gasteiger partial charge is 0.483 e. The lowest BCUT2D eigenvalue weighted by Crippen LogP contribution is -2.19. The quantitative estimate of drug-likeness (QED) is 0.796. The van der Waals surface area contributed by atoms with Crippen LogP contribution in [0.3, 0.4) is 0 Å². The number of aliphatic hydroxyl groups excluding tert-OH is 1. The van der Waals surface area contributed by atoms with Crippen LogP contribution < -0.4 is 4.74 Å². The van der Waals surface area contributed by atoms with Gasteiger partial charge in [-0.3, -0.25) is 4.79 Å². The van der Waals surface area contributed by atoms with Gasteiger partial charge in [0, 0.05) is 0 Å². The van der Waals surface area contributed by atoms with Crippen molar-refractivity contribution in [1.29, 1.82) is 0 Å². The van der Waals surface area contributed by atoms with E-state index >= 15 is 0 Å². The highest BCUT2D eigenvalue weighted by Gasteiger charge is 2.28. The molecule has 4 nitrogen and oxygen atoms in total. The second kappa shape index (κ2) is 4.93. The molecule has 0 aliphatic heterocycles. The van der Waals surface area contributed by atoms with E-state index in [0.29, 0.717) is 0 Å². The number of carbonyl (C=O) groups is 1. The summed E-state index contributed by atoms with van der Waals surface area (Å²) in [6, 6.07) is 2.37. The molecule has 0 radical (unpaired) electrons. The molecular weight excluding hydrogens is 227 g/mol. The van der Waals surface area contributed by atoms with Crippen molar-refractivity contribution in [3.05, 3.63) is 24.0 Å². The highest BCUT2D eigenvalue weighted by molar-refractivity contribution is 5.95. The smallest absolute Gasteiger partial charge is 0.422 e. The molecule has 1 rings (SSSR count). The molecule has 1 aromatic rings. The lowest BCUT2D eigenvalue weighted by molar-refractivity contribution is -0.153. The molecule has 0 fully saturated rings. The number of aromatic nitrogens is 1. The van der Waals surface area contributed by atoms with E-state index in [1.54, 1.807) is 0 Å². The van der Waals surface area contributed by atoms with Crippen molar-refractivity contribution >= 4 is 5.78 Å². The van der Waals surface area contributed by atoms with Gasteiger partial charge in [-0.1, -0.05) is 0 Å². The molecule has 0 atom stereocenters. The summed E-state index contributed by atoms with van der Waals surface area (Å²) in [4.78, 5) is 14.5. The van der Waals surface area contributed by atoms with E-state index < -0.39 is 25.2 Å². The average molecular weight is 235 g/mol. The van der Waals surface area contributed by atoms with Crippen molar-refractivity contribution in [3.8, 4) is 5.75 Å². The van der Waals surface area contributed by atoms with Gasteiger partial charge < -0.3 is 9.84 Å². The number of nitrogens with zero attached hydrogens (tertiary/aromatic N) is 1. The molecule has 0 unspecified atom stereocenters. The topological polar surface area (TPSA) is 59.4 Å². The van der Waals surface area contributed by atoms with Gasteiger partial charge in [-0.15, -0.1) is 0 Å². The Balaban J connectivity index is 2.62. The highest BCUT2D eigenvalue weighted by atomic mass is 19.4. The minimum atomic E-state index is -4.42. The van der Waals surface area contributed by atoms with Crippen LogP contribution in [0.15, 0.2) is 18.3 Å². The number of Topliss-reactive ketones (excluding diaryl/α,β-unsaturated/α-hetero) is 1. The van der Waals surface area contributed by atoms with Gasteiger partial charge in [0.05, 0.1) is 6.20 Å². The molecule has 0 saturated carbocycles. The summed E-state index contributed by atoms with van der Waals surface area (Å²) in [5.74, 6) is -0.700. The number of pyridine rings is 1. The lowest BCUT2D eigenvalue weighted by Gasteiger charge is -2.08. The third-order valence-electron chi connectivity index (χ3n) is 1.57. The second-order valence-corrected chi connectivity index (χ2v) is 2.86. The molecular formula is C9H8F3NO3. The minimum Gasteiger partial charge on any atom is -0.483 e. The van der Waals surface area contributed by atoms with Crippen molar-refractivity contribution in [2.75, 3.05) is 13.2 Å². The number of rotatable bonds is 4. The maximum absolute atomic E-state index is 11.8. The summed E-state index contributed by atoms with van der Waals surface area (Å²) in [6.07, 6.45) is -3.42. The van der Waals surface area contributed by atoms with Crippen molar-refractivity contribution in [2.45, 2.75) is 6.18 Å². The van der Waals surface area contributed by atoms with E-state index in [0.717, 1.165) is 6.20 Å². The van der Waals surface area contributed by atoms with Crippen molar-refractivity contribution < 1.29 is 27.8 Å². The first-order valence-electron chi connectivity index (χ1n) is 4.22. The summed E-state index contributed by atoms with van der Waals surface area (Å²) in [5, 5.41) is 8.50. The zero-order valence-electron chi connectivity index (χ0n) is 7.99. The van der Waals surface area contributed by atoms with Crippen LogP contribution in [0.5, 0.6) is 5.75 Å². The Morgan fingerprint density at radius 2 is 2.12 bits per heavy atom. The molecule has 0 aliphatic carbocycles. The number of aliphatic hydroxyl groups is 1. The SMILES string of the molecule is O=C(CO)c1ccc(OCC(F)(F)F)cn1. The van der Waals surface area contributed by atoms with Crippen LogP contribution in [0, 0.1) is 0 Å². The Bertz CT molecular complexity index is 361. The van der Waals surface area contributed by atoms with Gasteiger partial charge in [0.2, 0.25) is 5.78 Å². The maximum atomic E-state index is 11.8.